The molecule has 1 aromatic heterocycles. The van der Waals surface area contributed by atoms with Crippen molar-refractivity contribution in [3.63, 3.8) is 0 Å². The molecule has 2 N–H and O–H groups in total. The Bertz CT molecular complexity index is 567. The quantitative estimate of drug-likeness (QED) is 0.787. The van der Waals surface area contributed by atoms with Crippen LogP contribution in [0.25, 0.3) is 10.9 Å². The van der Waals surface area contributed by atoms with E-state index in [1.807, 2.05) is 52.1 Å². The number of nitrogen functional groups attached to an aromatic ring is 1. The molecular formula is C14H18N2O2. The number of hydrogen-bond acceptors (Lipinski definition) is 3. The molecule has 0 fully saturated rings. The number of nitrogens with two attached hydrogens (primary N) is 1. The number of fused-ring (bicyclic) bond motifs is 1. The van der Waals surface area contributed by atoms with Crippen LogP contribution in [0.2, 0.25) is 0 Å². The van der Waals surface area contributed by atoms with Gasteiger partial charge in [-0.15, -0.1) is 0 Å². The van der Waals surface area contributed by atoms with Crippen molar-refractivity contribution in [1.29, 1.82) is 0 Å². The fourth-order valence-corrected chi connectivity index (χ4v) is 2.00. The van der Waals surface area contributed by atoms with Gasteiger partial charge in [0.25, 0.3) is 0 Å². The molecule has 1 heterocycles. The van der Waals surface area contributed by atoms with Crippen LogP contribution in [-0.2, 0) is 11.8 Å². The molecule has 0 aliphatic heterocycles. The van der Waals surface area contributed by atoms with Gasteiger partial charge in [0, 0.05) is 12.4 Å². The Kier molecular flexibility index (Phi) is 2.81. The minimum atomic E-state index is -0.528. The summed E-state index contributed by atoms with van der Waals surface area (Å²) in [5.74, 6) is -0.390. The number of hydrogen-bond donors (Lipinski definition) is 1. The Morgan fingerprint density at radius 1 is 1.28 bits per heavy atom. The summed E-state index contributed by atoms with van der Waals surface area (Å²) in [5.41, 5.74) is 7.32. The zero-order valence-electron chi connectivity index (χ0n) is 11.2. The summed E-state index contributed by atoms with van der Waals surface area (Å²) in [6.07, 6.45) is 0. The lowest BCUT2D eigenvalue weighted by molar-refractivity contribution is 0.00608. The molecule has 0 spiro atoms. The fraction of sp³-hybridized carbons (Fsp3) is 0.357. The zero-order valence-corrected chi connectivity index (χ0v) is 11.2. The van der Waals surface area contributed by atoms with Crippen LogP contribution in [0.5, 0.6) is 0 Å². The third-order valence-electron chi connectivity index (χ3n) is 2.74. The average Bonchev–Trinajstić information content (AvgIpc) is 2.50. The van der Waals surface area contributed by atoms with Crippen LogP contribution in [0.15, 0.2) is 24.3 Å². The highest BCUT2D eigenvalue weighted by Crippen LogP contribution is 2.28. The van der Waals surface area contributed by atoms with Crippen LogP contribution < -0.4 is 5.73 Å². The summed E-state index contributed by atoms with van der Waals surface area (Å²) in [4.78, 5) is 12.1. The average molecular weight is 246 g/mol. The number of ether oxygens (including phenoxy) is 1. The molecule has 0 unspecified atom stereocenters. The van der Waals surface area contributed by atoms with E-state index >= 15 is 0 Å². The lowest BCUT2D eigenvalue weighted by Gasteiger charge is -2.19. The van der Waals surface area contributed by atoms with Gasteiger partial charge in [-0.3, -0.25) is 0 Å². The van der Waals surface area contributed by atoms with Crippen LogP contribution in [0.3, 0.4) is 0 Å². The minimum absolute atomic E-state index is 0.390. The van der Waals surface area contributed by atoms with Gasteiger partial charge in [-0.2, -0.15) is 0 Å². The Morgan fingerprint density at radius 3 is 2.44 bits per heavy atom. The maximum atomic E-state index is 12.1. The lowest BCUT2D eigenvalue weighted by atomic mass is 10.2. The second-order valence-electron chi connectivity index (χ2n) is 5.34. The Balaban J connectivity index is 2.55. The van der Waals surface area contributed by atoms with E-state index in [0.29, 0.717) is 11.4 Å². The van der Waals surface area contributed by atoms with Gasteiger partial charge < -0.3 is 15.0 Å². The Morgan fingerprint density at radius 2 is 1.89 bits per heavy atom. The molecule has 4 nitrogen and oxygen atoms in total. The van der Waals surface area contributed by atoms with Crippen LogP contribution in [0, 0.1) is 0 Å². The van der Waals surface area contributed by atoms with Gasteiger partial charge in [0.1, 0.15) is 5.60 Å². The first-order chi connectivity index (χ1) is 8.31. The molecule has 4 heteroatoms. The molecule has 0 amide bonds. The van der Waals surface area contributed by atoms with Crippen LogP contribution in [-0.4, -0.2) is 16.1 Å². The van der Waals surface area contributed by atoms with Crippen molar-refractivity contribution in [3.05, 3.63) is 30.0 Å². The molecule has 96 valence electrons. The van der Waals surface area contributed by atoms with Crippen molar-refractivity contribution in [3.8, 4) is 0 Å². The van der Waals surface area contributed by atoms with E-state index in [4.69, 9.17) is 10.5 Å². The molecule has 0 saturated heterocycles. The molecule has 18 heavy (non-hydrogen) atoms. The highest BCUT2D eigenvalue weighted by atomic mass is 16.6. The fourth-order valence-electron chi connectivity index (χ4n) is 2.00. The number of carbonyl (C=O) groups is 1. The normalized spacial score (nSPS) is 11.8. The van der Waals surface area contributed by atoms with Gasteiger partial charge in [0.05, 0.1) is 11.2 Å². The number of para-hydroxylation sites is 1. The summed E-state index contributed by atoms with van der Waals surface area (Å²) in [7, 11) is 1.82. The predicted molar refractivity (Wildman–Crippen MR) is 72.5 cm³/mol. The summed E-state index contributed by atoms with van der Waals surface area (Å²) in [5, 5.41) is 0.876. The maximum Gasteiger partial charge on any atom is 0.357 e. The van der Waals surface area contributed by atoms with Gasteiger partial charge in [0.15, 0.2) is 5.69 Å². The van der Waals surface area contributed by atoms with Crippen LogP contribution in [0.4, 0.5) is 5.69 Å². The van der Waals surface area contributed by atoms with Crippen molar-refractivity contribution in [1.82, 2.24) is 4.57 Å². The third-order valence-corrected chi connectivity index (χ3v) is 2.74. The molecule has 1 aromatic carbocycles. The summed E-state index contributed by atoms with van der Waals surface area (Å²) in [6.45, 7) is 5.51. The monoisotopic (exact) mass is 246 g/mol. The number of rotatable bonds is 1. The van der Waals surface area contributed by atoms with Gasteiger partial charge in [-0.05, 0) is 26.8 Å². The largest absolute Gasteiger partial charge is 0.455 e. The standard InChI is InChI=1S/C14H18N2O2/c1-14(2,3)18-13(17)12-11(15)9-7-5-6-8-10(9)16(12)4/h5-8H,15H2,1-4H3. The van der Waals surface area contributed by atoms with Crippen LogP contribution in [0.1, 0.15) is 31.3 Å². The number of benzene rings is 1. The third kappa shape index (κ3) is 2.06. The summed E-state index contributed by atoms with van der Waals surface area (Å²) < 4.78 is 7.15. The van der Waals surface area contributed by atoms with E-state index in [0.717, 1.165) is 10.9 Å². The molecule has 0 atom stereocenters. The smallest absolute Gasteiger partial charge is 0.357 e. The molecule has 0 radical (unpaired) electrons. The van der Waals surface area contributed by atoms with Gasteiger partial charge in [0.2, 0.25) is 0 Å². The second kappa shape index (κ2) is 4.05. The number of nitrogens with zero attached hydrogens (tertiary/aromatic N) is 1. The number of aromatic nitrogens is 1. The molecular weight excluding hydrogens is 228 g/mol. The van der Waals surface area contributed by atoms with Gasteiger partial charge in [-0.25, -0.2) is 4.79 Å². The highest BCUT2D eigenvalue weighted by molar-refractivity contribution is 6.06. The first kappa shape index (κ1) is 12.5. The van der Waals surface area contributed by atoms with E-state index in [1.165, 1.54) is 0 Å². The number of anilines is 1. The first-order valence-corrected chi connectivity index (χ1v) is 5.87. The number of aryl methyl sites for hydroxylation is 1. The molecule has 0 bridgehead atoms. The predicted octanol–water partition coefficient (Wildman–Crippen LogP) is 2.72. The Labute approximate surface area is 106 Å². The molecule has 0 aliphatic carbocycles. The summed E-state index contributed by atoms with van der Waals surface area (Å²) in [6, 6.07) is 7.65. The van der Waals surface area contributed by atoms with E-state index in [2.05, 4.69) is 0 Å². The van der Waals surface area contributed by atoms with Crippen molar-refractivity contribution in [2.45, 2.75) is 26.4 Å². The van der Waals surface area contributed by atoms with Crippen molar-refractivity contribution >= 4 is 22.6 Å². The number of carbonyl (C=O) groups excluding carboxylic acids is 1. The molecule has 0 saturated carbocycles. The van der Waals surface area contributed by atoms with Gasteiger partial charge >= 0.3 is 5.97 Å². The van der Waals surface area contributed by atoms with E-state index < -0.39 is 11.6 Å². The van der Waals surface area contributed by atoms with E-state index in [1.54, 1.807) is 4.57 Å². The maximum absolute atomic E-state index is 12.1. The van der Waals surface area contributed by atoms with Crippen molar-refractivity contribution in [2.24, 2.45) is 7.05 Å². The van der Waals surface area contributed by atoms with Crippen LogP contribution >= 0.6 is 0 Å². The topological polar surface area (TPSA) is 57.2 Å². The SMILES string of the molecule is Cn1c(C(=O)OC(C)(C)C)c(N)c2ccccc21. The lowest BCUT2D eigenvalue weighted by Crippen LogP contribution is -2.25. The Hall–Kier alpha value is -1.97. The molecule has 2 aromatic rings. The van der Waals surface area contributed by atoms with Crippen molar-refractivity contribution in [2.75, 3.05) is 5.73 Å². The van der Waals surface area contributed by atoms with Crippen molar-refractivity contribution < 1.29 is 9.53 Å². The zero-order chi connectivity index (χ0) is 13.5. The first-order valence-electron chi connectivity index (χ1n) is 5.87. The highest BCUT2D eigenvalue weighted by Gasteiger charge is 2.24. The minimum Gasteiger partial charge on any atom is -0.455 e. The van der Waals surface area contributed by atoms with Gasteiger partial charge in [-0.1, -0.05) is 18.2 Å². The molecule has 0 aliphatic rings. The van der Waals surface area contributed by atoms with E-state index in [-0.39, 0.29) is 0 Å². The number of esters is 1. The second-order valence-corrected chi connectivity index (χ2v) is 5.34. The van der Waals surface area contributed by atoms with E-state index in [9.17, 15) is 4.79 Å². The summed E-state index contributed by atoms with van der Waals surface area (Å²) >= 11 is 0. The molecule has 2 rings (SSSR count).